The van der Waals surface area contributed by atoms with Gasteiger partial charge >= 0.3 is 0 Å². The van der Waals surface area contributed by atoms with Crippen molar-refractivity contribution in [2.75, 3.05) is 5.32 Å². The Labute approximate surface area is 111 Å². The van der Waals surface area contributed by atoms with Gasteiger partial charge in [0.2, 0.25) is 11.8 Å². The second-order valence-corrected chi connectivity index (χ2v) is 4.72. The summed E-state index contributed by atoms with van der Waals surface area (Å²) in [6.45, 7) is 1.60. The van der Waals surface area contributed by atoms with Gasteiger partial charge in [-0.05, 0) is 31.9 Å². The molecular weight excluding hydrogens is 246 g/mol. The number of pyridine rings is 1. The molecule has 1 aliphatic rings. The summed E-state index contributed by atoms with van der Waals surface area (Å²) in [6, 6.07) is 2.34. The Hall–Kier alpha value is -2.11. The molecule has 3 N–H and O–H groups in total. The maximum atomic E-state index is 11.9. The molecule has 2 amide bonds. The van der Waals surface area contributed by atoms with Crippen molar-refractivity contribution in [2.45, 2.75) is 32.2 Å². The molecule has 1 heterocycles. The zero-order valence-corrected chi connectivity index (χ0v) is 10.7. The van der Waals surface area contributed by atoms with Gasteiger partial charge in [-0.1, -0.05) is 6.42 Å². The minimum absolute atomic E-state index is 0.0403. The van der Waals surface area contributed by atoms with Crippen LogP contribution in [0, 0.1) is 5.92 Å². The number of rotatable bonds is 4. The highest BCUT2D eigenvalue weighted by Gasteiger charge is 2.27. The number of aromatic hydroxyl groups is 1. The molecule has 1 saturated carbocycles. The summed E-state index contributed by atoms with van der Waals surface area (Å²) in [7, 11) is 0. The van der Waals surface area contributed by atoms with Crippen molar-refractivity contribution in [2.24, 2.45) is 5.92 Å². The number of carbonyl (C=O) groups excluding carboxylic acids is 2. The smallest absolute Gasteiger partial charge is 0.247 e. The summed E-state index contributed by atoms with van der Waals surface area (Å²) in [4.78, 5) is 27.4. The van der Waals surface area contributed by atoms with Crippen LogP contribution >= 0.6 is 0 Å². The second-order valence-electron chi connectivity index (χ2n) is 4.72. The molecule has 0 aliphatic heterocycles. The zero-order valence-electron chi connectivity index (χ0n) is 10.7. The van der Waals surface area contributed by atoms with Crippen molar-refractivity contribution in [3.05, 3.63) is 18.3 Å². The van der Waals surface area contributed by atoms with Crippen LogP contribution in [0.3, 0.4) is 0 Å². The predicted molar refractivity (Wildman–Crippen MR) is 69.5 cm³/mol. The van der Waals surface area contributed by atoms with Gasteiger partial charge in [0.25, 0.3) is 0 Å². The first kappa shape index (κ1) is 13.3. The van der Waals surface area contributed by atoms with Crippen LogP contribution in [0.15, 0.2) is 18.3 Å². The highest BCUT2D eigenvalue weighted by Crippen LogP contribution is 2.26. The molecule has 1 aromatic rings. The molecule has 0 unspecified atom stereocenters. The van der Waals surface area contributed by atoms with Gasteiger partial charge in [0.15, 0.2) is 11.6 Å². The Kier molecular flexibility index (Phi) is 3.99. The third-order valence-electron chi connectivity index (χ3n) is 3.26. The van der Waals surface area contributed by atoms with E-state index in [1.54, 1.807) is 13.0 Å². The summed E-state index contributed by atoms with van der Waals surface area (Å²) < 4.78 is 0. The molecule has 6 nitrogen and oxygen atoms in total. The van der Waals surface area contributed by atoms with E-state index in [-0.39, 0.29) is 23.4 Å². The number of nitrogens with zero attached hydrogens (tertiary/aromatic N) is 1. The van der Waals surface area contributed by atoms with Gasteiger partial charge in [-0.3, -0.25) is 9.59 Å². The van der Waals surface area contributed by atoms with Crippen LogP contribution in [0.2, 0.25) is 0 Å². The van der Waals surface area contributed by atoms with E-state index in [1.165, 1.54) is 12.3 Å². The van der Waals surface area contributed by atoms with E-state index < -0.39 is 11.9 Å². The molecule has 0 radical (unpaired) electrons. The Morgan fingerprint density at radius 1 is 1.47 bits per heavy atom. The number of hydrogen-bond donors (Lipinski definition) is 3. The summed E-state index contributed by atoms with van der Waals surface area (Å²) >= 11 is 0. The first-order chi connectivity index (χ1) is 9.08. The van der Waals surface area contributed by atoms with Crippen molar-refractivity contribution in [3.8, 4) is 5.75 Å². The van der Waals surface area contributed by atoms with Crippen LogP contribution in [-0.4, -0.2) is 27.9 Å². The summed E-state index contributed by atoms with van der Waals surface area (Å²) in [6.07, 6.45) is 4.32. The van der Waals surface area contributed by atoms with E-state index in [1.807, 2.05) is 0 Å². The molecule has 1 aliphatic carbocycles. The fourth-order valence-electron chi connectivity index (χ4n) is 1.79. The number of nitrogens with one attached hydrogen (secondary N) is 2. The third-order valence-corrected chi connectivity index (χ3v) is 3.26. The average Bonchev–Trinajstić information content (AvgIpc) is 2.29. The van der Waals surface area contributed by atoms with Crippen LogP contribution < -0.4 is 10.6 Å². The fourth-order valence-corrected chi connectivity index (χ4v) is 1.79. The highest BCUT2D eigenvalue weighted by atomic mass is 16.3. The van der Waals surface area contributed by atoms with E-state index in [9.17, 15) is 14.7 Å². The Morgan fingerprint density at radius 2 is 2.21 bits per heavy atom. The van der Waals surface area contributed by atoms with Crippen molar-refractivity contribution in [1.82, 2.24) is 10.3 Å². The molecule has 102 valence electrons. The van der Waals surface area contributed by atoms with E-state index in [0.717, 1.165) is 19.3 Å². The van der Waals surface area contributed by atoms with Crippen LogP contribution in [0.25, 0.3) is 0 Å². The normalized spacial score (nSPS) is 16.3. The molecule has 19 heavy (non-hydrogen) atoms. The minimum atomic E-state index is -0.658. The van der Waals surface area contributed by atoms with Gasteiger partial charge in [-0.15, -0.1) is 0 Å². The Bertz CT molecular complexity index is 486. The number of anilines is 1. The van der Waals surface area contributed by atoms with E-state index in [4.69, 9.17) is 0 Å². The second kappa shape index (κ2) is 5.69. The molecule has 1 aromatic heterocycles. The van der Waals surface area contributed by atoms with Gasteiger partial charge in [-0.2, -0.15) is 0 Å². The molecule has 0 bridgehead atoms. The maximum absolute atomic E-state index is 11.9. The van der Waals surface area contributed by atoms with Gasteiger partial charge in [0, 0.05) is 12.1 Å². The van der Waals surface area contributed by atoms with Crippen LogP contribution in [0.5, 0.6) is 5.75 Å². The lowest BCUT2D eigenvalue weighted by Gasteiger charge is -2.25. The van der Waals surface area contributed by atoms with E-state index in [2.05, 4.69) is 15.6 Å². The lowest BCUT2D eigenvalue weighted by Crippen LogP contribution is -2.45. The largest absolute Gasteiger partial charge is 0.504 e. The maximum Gasteiger partial charge on any atom is 0.247 e. The number of hydrogen-bond acceptors (Lipinski definition) is 4. The van der Waals surface area contributed by atoms with Crippen molar-refractivity contribution < 1.29 is 14.7 Å². The van der Waals surface area contributed by atoms with Gasteiger partial charge in [-0.25, -0.2) is 4.98 Å². The van der Waals surface area contributed by atoms with E-state index in [0.29, 0.717) is 0 Å². The van der Waals surface area contributed by atoms with Crippen molar-refractivity contribution >= 4 is 17.6 Å². The summed E-state index contributed by atoms with van der Waals surface area (Å²) in [5, 5.41) is 14.6. The standard InChI is InChI=1S/C13H17N3O3/c1-8(15-13(19)9-4-2-5-9)12(18)16-11-10(17)6-3-7-14-11/h3,6-9,17H,2,4-5H2,1H3,(H,15,19)(H,14,16,18)/t8-/m0/s1. The average molecular weight is 263 g/mol. The van der Waals surface area contributed by atoms with Crippen LogP contribution in [-0.2, 0) is 9.59 Å². The fraction of sp³-hybridized carbons (Fsp3) is 0.462. The number of amides is 2. The lowest BCUT2D eigenvalue weighted by molar-refractivity contribution is -0.130. The van der Waals surface area contributed by atoms with Gasteiger partial charge in [0.05, 0.1) is 0 Å². The van der Waals surface area contributed by atoms with Crippen molar-refractivity contribution in [3.63, 3.8) is 0 Å². The molecule has 1 atom stereocenters. The monoisotopic (exact) mass is 263 g/mol. The number of carbonyl (C=O) groups is 2. The third kappa shape index (κ3) is 3.21. The molecule has 0 spiro atoms. The van der Waals surface area contributed by atoms with E-state index >= 15 is 0 Å². The van der Waals surface area contributed by atoms with Gasteiger partial charge in [0.1, 0.15) is 6.04 Å². The Morgan fingerprint density at radius 3 is 2.79 bits per heavy atom. The topological polar surface area (TPSA) is 91.3 Å². The minimum Gasteiger partial charge on any atom is -0.504 e. The lowest BCUT2D eigenvalue weighted by atomic mass is 9.84. The van der Waals surface area contributed by atoms with Gasteiger partial charge < -0.3 is 15.7 Å². The highest BCUT2D eigenvalue weighted by molar-refractivity contribution is 5.97. The predicted octanol–water partition coefficient (Wildman–Crippen LogP) is 1.03. The number of aromatic nitrogens is 1. The molecule has 0 aromatic carbocycles. The first-order valence-electron chi connectivity index (χ1n) is 6.33. The molecule has 6 heteroatoms. The van der Waals surface area contributed by atoms with Crippen molar-refractivity contribution in [1.29, 1.82) is 0 Å². The van der Waals surface area contributed by atoms with Crippen LogP contribution in [0.4, 0.5) is 5.82 Å². The molecule has 1 fully saturated rings. The van der Waals surface area contributed by atoms with Crippen LogP contribution in [0.1, 0.15) is 26.2 Å². The zero-order chi connectivity index (χ0) is 13.8. The summed E-state index contributed by atoms with van der Waals surface area (Å²) in [5.41, 5.74) is 0. The quantitative estimate of drug-likeness (QED) is 0.756. The summed E-state index contributed by atoms with van der Waals surface area (Å²) in [5.74, 6) is -0.454. The first-order valence-corrected chi connectivity index (χ1v) is 6.33. The molecular formula is C13H17N3O3. The SMILES string of the molecule is C[C@H](NC(=O)C1CCC1)C(=O)Nc1ncccc1O. The Balaban J connectivity index is 1.88. The molecule has 0 saturated heterocycles. The molecule has 2 rings (SSSR count).